The van der Waals surface area contributed by atoms with Crippen LogP contribution in [-0.4, -0.2) is 77.5 Å². The molecule has 0 fully saturated rings. The molecule has 0 saturated carbocycles. The van der Waals surface area contributed by atoms with Crippen LogP contribution >= 0.6 is 0 Å². The molecule has 0 radical (unpaired) electrons. The van der Waals surface area contributed by atoms with E-state index < -0.39 is 60.7 Å². The Kier molecular flexibility index (Phi) is 14.6. The van der Waals surface area contributed by atoms with Gasteiger partial charge in [-0.15, -0.1) is 0 Å². The van der Waals surface area contributed by atoms with Crippen LogP contribution in [-0.2, 0) is 36.8 Å². The molecule has 0 aliphatic carbocycles. The van der Waals surface area contributed by atoms with E-state index >= 15 is 0 Å². The third-order valence-corrected chi connectivity index (χ3v) is 6.15. The lowest BCUT2D eigenvalue weighted by Crippen LogP contribution is -2.55. The smallest absolute Gasteiger partial charge is 0.408 e. The molecule has 0 aliphatic heterocycles. The van der Waals surface area contributed by atoms with Gasteiger partial charge >= 0.3 is 18.0 Å². The first-order chi connectivity index (χ1) is 21.3. The molecule has 5 N–H and O–H groups in total. The van der Waals surface area contributed by atoms with Crippen molar-refractivity contribution in [2.75, 3.05) is 19.8 Å². The van der Waals surface area contributed by atoms with E-state index in [-0.39, 0.29) is 24.3 Å². The van der Waals surface area contributed by atoms with E-state index in [1.165, 1.54) is 12.1 Å². The van der Waals surface area contributed by atoms with Crippen molar-refractivity contribution in [3.8, 4) is 11.5 Å². The van der Waals surface area contributed by atoms with Gasteiger partial charge in [-0.25, -0.2) is 14.4 Å². The topological polar surface area (TPSA) is 190 Å². The van der Waals surface area contributed by atoms with E-state index in [9.17, 15) is 24.0 Å². The number of carbonyl (C=O) groups excluding carboxylic acids is 3. The van der Waals surface area contributed by atoms with Crippen molar-refractivity contribution < 1.29 is 48.4 Å². The second-order valence-corrected chi connectivity index (χ2v) is 11.3. The van der Waals surface area contributed by atoms with Gasteiger partial charge in [0.05, 0.1) is 0 Å². The van der Waals surface area contributed by atoms with Crippen molar-refractivity contribution in [2.24, 2.45) is 0 Å². The zero-order valence-electron chi connectivity index (χ0n) is 26.1. The van der Waals surface area contributed by atoms with Gasteiger partial charge in [-0.3, -0.25) is 9.59 Å². The van der Waals surface area contributed by atoms with E-state index in [0.29, 0.717) is 12.1 Å². The number of alkyl carbamates (subject to hydrolysis) is 1. The molecule has 0 aliphatic rings. The third-order valence-electron chi connectivity index (χ3n) is 6.15. The fourth-order valence-electron chi connectivity index (χ4n) is 4.13. The van der Waals surface area contributed by atoms with Crippen molar-refractivity contribution in [3.63, 3.8) is 0 Å². The predicted molar refractivity (Wildman–Crippen MR) is 164 cm³/mol. The molecule has 0 aromatic heterocycles. The van der Waals surface area contributed by atoms with Crippen LogP contribution in [0.25, 0.3) is 0 Å². The number of carbonyl (C=O) groups is 5. The van der Waals surface area contributed by atoms with Gasteiger partial charge in [0.2, 0.25) is 11.8 Å². The fraction of sp³-hybridized carbons (Fsp3) is 0.469. The highest BCUT2D eigenvalue weighted by Gasteiger charge is 2.29. The number of nitrogens with one attached hydrogen (secondary N) is 3. The summed E-state index contributed by atoms with van der Waals surface area (Å²) in [4.78, 5) is 61.8. The average molecular weight is 630 g/mol. The maximum atomic E-state index is 13.7. The first-order valence-electron chi connectivity index (χ1n) is 14.7. The number of carboxylic acid groups (broad SMARTS) is 2. The zero-order chi connectivity index (χ0) is 33.4. The molecule has 2 rings (SSSR count). The molecule has 3 amide bonds. The summed E-state index contributed by atoms with van der Waals surface area (Å²) in [5, 5.41) is 26.3. The van der Waals surface area contributed by atoms with E-state index in [1.807, 2.05) is 25.1 Å². The van der Waals surface area contributed by atoms with E-state index in [4.69, 9.17) is 24.4 Å². The number of amides is 3. The van der Waals surface area contributed by atoms with Crippen LogP contribution in [0, 0.1) is 0 Å². The summed E-state index contributed by atoms with van der Waals surface area (Å²) in [6.45, 7) is 6.11. The molecule has 13 nitrogen and oxygen atoms in total. The van der Waals surface area contributed by atoms with Crippen molar-refractivity contribution in [1.29, 1.82) is 0 Å². The standard InChI is InChI=1S/C32H43N3O10/c1-5-6-10-15-33-29(40)23(17-22-13-14-25(43-19-27(36)37)26(18-22)44-20-28(38)39)34-30(41)24(16-21-11-8-7-9-12-21)35-31(42)45-32(2,3)4/h7-9,11-14,18,23-24H,5-6,10,15-17,19-20H2,1-4H3,(H,33,40)(H,34,41)(H,35,42)(H,36,37)(H,38,39). The summed E-state index contributed by atoms with van der Waals surface area (Å²) < 4.78 is 15.9. The quantitative estimate of drug-likeness (QED) is 0.153. The minimum Gasteiger partial charge on any atom is -0.479 e. The monoisotopic (exact) mass is 629 g/mol. The normalized spacial score (nSPS) is 12.3. The van der Waals surface area contributed by atoms with Crippen LogP contribution in [0.1, 0.15) is 58.1 Å². The molecular formula is C32H43N3O10. The van der Waals surface area contributed by atoms with Crippen LogP contribution in [0.4, 0.5) is 4.79 Å². The predicted octanol–water partition coefficient (Wildman–Crippen LogP) is 3.08. The molecule has 0 heterocycles. The highest BCUT2D eigenvalue weighted by molar-refractivity contribution is 5.91. The fourth-order valence-corrected chi connectivity index (χ4v) is 4.13. The number of hydrogen-bond donors (Lipinski definition) is 5. The van der Waals surface area contributed by atoms with Crippen LogP contribution in [0.2, 0.25) is 0 Å². The van der Waals surface area contributed by atoms with Gasteiger partial charge < -0.3 is 40.4 Å². The van der Waals surface area contributed by atoms with Gasteiger partial charge in [-0.2, -0.15) is 0 Å². The van der Waals surface area contributed by atoms with Crippen molar-refractivity contribution in [3.05, 3.63) is 59.7 Å². The second-order valence-electron chi connectivity index (χ2n) is 11.3. The summed E-state index contributed by atoms with van der Waals surface area (Å²) >= 11 is 0. The van der Waals surface area contributed by atoms with Gasteiger partial charge in [0.1, 0.15) is 17.7 Å². The molecule has 0 saturated heterocycles. The average Bonchev–Trinajstić information content (AvgIpc) is 2.96. The van der Waals surface area contributed by atoms with Crippen LogP contribution < -0.4 is 25.4 Å². The number of ether oxygens (including phenoxy) is 3. The first-order valence-corrected chi connectivity index (χ1v) is 14.7. The number of benzene rings is 2. The van der Waals surface area contributed by atoms with Gasteiger partial charge in [0, 0.05) is 19.4 Å². The van der Waals surface area contributed by atoms with Crippen LogP contribution in [0.5, 0.6) is 11.5 Å². The van der Waals surface area contributed by atoms with Gasteiger partial charge in [-0.05, 0) is 50.5 Å². The zero-order valence-corrected chi connectivity index (χ0v) is 26.1. The SMILES string of the molecule is CCCCCNC(=O)C(Cc1ccc(OCC(=O)O)c(OCC(=O)O)c1)NC(=O)C(Cc1ccccc1)NC(=O)OC(C)(C)C. The molecule has 0 bridgehead atoms. The maximum absolute atomic E-state index is 13.7. The Hall–Kier alpha value is -4.81. The van der Waals surface area contributed by atoms with Crippen LogP contribution in [0.3, 0.4) is 0 Å². The third kappa shape index (κ3) is 14.5. The summed E-state index contributed by atoms with van der Waals surface area (Å²) in [6, 6.07) is 11.2. The number of hydrogen-bond acceptors (Lipinski definition) is 8. The lowest BCUT2D eigenvalue weighted by Gasteiger charge is -2.25. The summed E-state index contributed by atoms with van der Waals surface area (Å²) in [6.07, 6.45) is 1.87. The lowest BCUT2D eigenvalue weighted by atomic mass is 10.0. The Labute approximate surface area is 262 Å². The number of rotatable bonds is 18. The maximum Gasteiger partial charge on any atom is 0.408 e. The number of unbranched alkanes of at least 4 members (excludes halogenated alkanes) is 2. The van der Waals surface area contributed by atoms with Crippen LogP contribution in [0.15, 0.2) is 48.5 Å². The summed E-state index contributed by atoms with van der Waals surface area (Å²) in [7, 11) is 0. The molecular weight excluding hydrogens is 586 g/mol. The minimum atomic E-state index is -1.26. The molecule has 45 heavy (non-hydrogen) atoms. The Balaban J connectivity index is 2.36. The molecule has 246 valence electrons. The largest absolute Gasteiger partial charge is 0.479 e. The molecule has 0 spiro atoms. The molecule has 2 unspecified atom stereocenters. The Morgan fingerprint density at radius 2 is 1.36 bits per heavy atom. The van der Waals surface area contributed by atoms with E-state index in [0.717, 1.165) is 24.8 Å². The Bertz CT molecular complexity index is 1290. The van der Waals surface area contributed by atoms with Crippen molar-refractivity contribution in [2.45, 2.75) is 77.5 Å². The first kappa shape index (κ1) is 36.4. The van der Waals surface area contributed by atoms with E-state index in [1.54, 1.807) is 39.0 Å². The molecule has 2 aromatic rings. The highest BCUT2D eigenvalue weighted by atomic mass is 16.6. The van der Waals surface area contributed by atoms with E-state index in [2.05, 4.69) is 16.0 Å². The van der Waals surface area contributed by atoms with Crippen molar-refractivity contribution >= 4 is 29.8 Å². The minimum absolute atomic E-state index is 0.00325. The van der Waals surface area contributed by atoms with Gasteiger partial charge in [-0.1, -0.05) is 56.2 Å². The molecule has 13 heteroatoms. The highest BCUT2D eigenvalue weighted by Crippen LogP contribution is 2.29. The van der Waals surface area contributed by atoms with Crippen molar-refractivity contribution in [1.82, 2.24) is 16.0 Å². The molecule has 2 aromatic carbocycles. The lowest BCUT2D eigenvalue weighted by molar-refractivity contribution is -0.140. The summed E-state index contributed by atoms with van der Waals surface area (Å²) in [5.41, 5.74) is 0.428. The van der Waals surface area contributed by atoms with Gasteiger partial charge in [0.25, 0.3) is 0 Å². The molecule has 2 atom stereocenters. The van der Waals surface area contributed by atoms with Gasteiger partial charge in [0.15, 0.2) is 24.7 Å². The Morgan fingerprint density at radius 1 is 0.756 bits per heavy atom. The second kappa shape index (κ2) is 18.1. The Morgan fingerprint density at radius 3 is 1.96 bits per heavy atom. The number of carboxylic acids is 2. The number of aliphatic carboxylic acids is 2. The summed E-state index contributed by atoms with van der Waals surface area (Å²) in [5.74, 6) is -3.63.